The molecule has 2 aromatic rings. The van der Waals surface area contributed by atoms with Crippen molar-refractivity contribution >= 4 is 22.8 Å². The lowest BCUT2D eigenvalue weighted by Crippen LogP contribution is -2.69. The molecule has 2 aliphatic rings. The van der Waals surface area contributed by atoms with Crippen molar-refractivity contribution in [1.82, 2.24) is 19.9 Å². The topological polar surface area (TPSA) is 88.9 Å². The van der Waals surface area contributed by atoms with Crippen LogP contribution in [0.4, 0.5) is 5.82 Å². The van der Waals surface area contributed by atoms with E-state index in [1.54, 1.807) is 6.33 Å². The summed E-state index contributed by atoms with van der Waals surface area (Å²) < 4.78 is 0. The van der Waals surface area contributed by atoms with Crippen LogP contribution in [0.5, 0.6) is 0 Å². The second-order valence-corrected chi connectivity index (χ2v) is 6.45. The molecule has 2 atom stereocenters. The van der Waals surface area contributed by atoms with E-state index >= 15 is 0 Å². The number of anilines is 1. The van der Waals surface area contributed by atoms with E-state index in [-0.39, 0.29) is 17.9 Å². The van der Waals surface area contributed by atoms with Crippen molar-refractivity contribution in [3.8, 4) is 6.07 Å². The monoisotopic (exact) mass is 310 g/mol. The molecule has 7 nitrogen and oxygen atoms in total. The van der Waals surface area contributed by atoms with E-state index in [1.165, 1.54) is 0 Å². The summed E-state index contributed by atoms with van der Waals surface area (Å²) in [6, 6.07) is 3.96. The Morgan fingerprint density at radius 3 is 3.22 bits per heavy atom. The predicted octanol–water partition coefficient (Wildman–Crippen LogP) is 1.30. The van der Waals surface area contributed by atoms with E-state index in [2.05, 4.69) is 26.8 Å². The summed E-state index contributed by atoms with van der Waals surface area (Å²) in [7, 11) is 0. The number of aromatic amines is 1. The zero-order chi connectivity index (χ0) is 16.0. The van der Waals surface area contributed by atoms with Gasteiger partial charge in [0.15, 0.2) is 0 Å². The number of carbonyl (C=O) groups excluding carboxylic acids is 1. The molecule has 1 N–H and O–H groups in total. The van der Waals surface area contributed by atoms with Crippen molar-refractivity contribution in [2.45, 2.75) is 25.3 Å². The maximum Gasteiger partial charge on any atom is 0.237 e. The molecule has 0 bridgehead atoms. The number of likely N-dealkylation sites (tertiary alicyclic amines) is 1. The number of aromatic nitrogens is 3. The third kappa shape index (κ3) is 1.91. The van der Waals surface area contributed by atoms with Crippen LogP contribution in [0.25, 0.3) is 11.0 Å². The first-order valence-electron chi connectivity index (χ1n) is 7.86. The van der Waals surface area contributed by atoms with Crippen LogP contribution in [0.3, 0.4) is 0 Å². The normalized spacial score (nSPS) is 26.5. The zero-order valence-electron chi connectivity index (χ0n) is 13.0. The molecule has 2 aliphatic heterocycles. The number of fused-ring (bicyclic) bond motifs is 1. The van der Waals surface area contributed by atoms with Crippen LogP contribution in [0, 0.1) is 17.2 Å². The first-order valence-corrected chi connectivity index (χ1v) is 7.86. The molecular formula is C16H18N6O. The molecule has 0 aromatic carbocycles. The van der Waals surface area contributed by atoms with E-state index in [9.17, 15) is 4.79 Å². The Morgan fingerprint density at radius 2 is 2.43 bits per heavy atom. The van der Waals surface area contributed by atoms with E-state index in [0.717, 1.165) is 42.9 Å². The number of carbonyl (C=O) groups is 1. The van der Waals surface area contributed by atoms with E-state index in [1.807, 2.05) is 23.2 Å². The number of hydrogen-bond acceptors (Lipinski definition) is 5. The van der Waals surface area contributed by atoms with Gasteiger partial charge in [-0.2, -0.15) is 5.26 Å². The van der Waals surface area contributed by atoms with Crippen molar-refractivity contribution in [2.24, 2.45) is 5.92 Å². The lowest BCUT2D eigenvalue weighted by molar-refractivity contribution is -0.152. The fourth-order valence-electron chi connectivity index (χ4n) is 4.02. The van der Waals surface area contributed by atoms with Crippen molar-refractivity contribution in [3.05, 3.63) is 18.6 Å². The van der Waals surface area contributed by atoms with Crippen molar-refractivity contribution in [1.29, 1.82) is 5.26 Å². The van der Waals surface area contributed by atoms with Crippen LogP contribution >= 0.6 is 0 Å². The summed E-state index contributed by atoms with van der Waals surface area (Å²) in [4.78, 5) is 28.1. The Labute approximate surface area is 133 Å². The number of nitriles is 1. The molecule has 4 rings (SSSR count). The molecule has 0 saturated carbocycles. The Hall–Kier alpha value is -2.62. The lowest BCUT2D eigenvalue weighted by Gasteiger charge is -2.55. The standard InChI is InChI=1S/C16H18N6O/c1-11-8-22(13(23)2-5-17)16(11)4-7-21(9-16)15-12-3-6-18-14(12)19-10-20-15/h3,6,10-11H,2,4,7-9H2,1H3,(H,18,19,20)/t11-,16?/m0/s1. The fourth-order valence-corrected chi connectivity index (χ4v) is 4.02. The first-order chi connectivity index (χ1) is 11.2. The van der Waals surface area contributed by atoms with Gasteiger partial charge in [-0.3, -0.25) is 4.79 Å². The summed E-state index contributed by atoms with van der Waals surface area (Å²) in [6.07, 6.45) is 4.32. The van der Waals surface area contributed by atoms with Crippen LogP contribution in [-0.2, 0) is 4.79 Å². The fraction of sp³-hybridized carbons (Fsp3) is 0.500. The van der Waals surface area contributed by atoms with Gasteiger partial charge in [0.25, 0.3) is 0 Å². The molecule has 23 heavy (non-hydrogen) atoms. The van der Waals surface area contributed by atoms with Gasteiger partial charge in [-0.05, 0) is 18.4 Å². The second-order valence-electron chi connectivity index (χ2n) is 6.45. The minimum absolute atomic E-state index is 0.0377. The Morgan fingerprint density at radius 1 is 1.57 bits per heavy atom. The number of H-pyrrole nitrogens is 1. The highest BCUT2D eigenvalue weighted by Crippen LogP contribution is 2.45. The molecule has 2 saturated heterocycles. The predicted molar refractivity (Wildman–Crippen MR) is 84.6 cm³/mol. The Kier molecular flexibility index (Phi) is 3.01. The molecule has 118 valence electrons. The molecule has 1 amide bonds. The van der Waals surface area contributed by atoms with Gasteiger partial charge in [0.2, 0.25) is 5.91 Å². The summed E-state index contributed by atoms with van der Waals surface area (Å²) >= 11 is 0. The van der Waals surface area contributed by atoms with Gasteiger partial charge in [0, 0.05) is 25.8 Å². The highest BCUT2D eigenvalue weighted by atomic mass is 16.2. The maximum atomic E-state index is 12.2. The smallest absolute Gasteiger partial charge is 0.237 e. The molecule has 2 aromatic heterocycles. The number of amides is 1. The van der Waals surface area contributed by atoms with E-state index in [0.29, 0.717) is 5.92 Å². The zero-order valence-corrected chi connectivity index (χ0v) is 13.0. The second kappa shape index (κ2) is 4.95. The molecule has 1 unspecified atom stereocenters. The van der Waals surface area contributed by atoms with Crippen LogP contribution in [0.1, 0.15) is 19.8 Å². The van der Waals surface area contributed by atoms with Gasteiger partial charge in [0.1, 0.15) is 24.2 Å². The van der Waals surface area contributed by atoms with Gasteiger partial charge in [-0.15, -0.1) is 0 Å². The van der Waals surface area contributed by atoms with Crippen molar-refractivity contribution in [3.63, 3.8) is 0 Å². The van der Waals surface area contributed by atoms with Gasteiger partial charge in [0.05, 0.1) is 17.0 Å². The highest BCUT2D eigenvalue weighted by molar-refractivity contribution is 5.87. The Balaban J connectivity index is 1.62. The first kappa shape index (κ1) is 14.0. The van der Waals surface area contributed by atoms with Gasteiger partial charge in [-0.1, -0.05) is 6.92 Å². The van der Waals surface area contributed by atoms with Gasteiger partial charge in [-0.25, -0.2) is 9.97 Å². The molecule has 7 heteroatoms. The molecule has 2 fully saturated rings. The van der Waals surface area contributed by atoms with Gasteiger partial charge >= 0.3 is 0 Å². The molecule has 1 spiro atoms. The largest absolute Gasteiger partial charge is 0.353 e. The summed E-state index contributed by atoms with van der Waals surface area (Å²) in [5.41, 5.74) is 0.677. The highest BCUT2D eigenvalue weighted by Gasteiger charge is 2.56. The third-order valence-electron chi connectivity index (χ3n) is 5.35. The number of nitrogens with zero attached hydrogens (tertiary/aromatic N) is 5. The summed E-state index contributed by atoms with van der Waals surface area (Å²) in [6.45, 7) is 4.56. The van der Waals surface area contributed by atoms with Crippen LogP contribution in [0.2, 0.25) is 0 Å². The summed E-state index contributed by atoms with van der Waals surface area (Å²) in [5.74, 6) is 1.31. The molecule has 0 radical (unpaired) electrons. The average Bonchev–Trinajstić information content (AvgIpc) is 3.20. The van der Waals surface area contributed by atoms with Crippen molar-refractivity contribution < 1.29 is 4.79 Å². The number of nitrogens with one attached hydrogen (secondary N) is 1. The van der Waals surface area contributed by atoms with E-state index < -0.39 is 0 Å². The number of rotatable bonds is 2. The summed E-state index contributed by atoms with van der Waals surface area (Å²) in [5, 5.41) is 9.80. The SMILES string of the molecule is C[C@H]1CN(C(=O)CC#N)C12CCN(c1ncnc3[nH]ccc13)C2. The Bertz CT molecular complexity index is 808. The minimum atomic E-state index is -0.151. The minimum Gasteiger partial charge on any atom is -0.353 e. The van der Waals surface area contributed by atoms with Crippen molar-refractivity contribution in [2.75, 3.05) is 24.5 Å². The van der Waals surface area contributed by atoms with Crippen LogP contribution in [-0.4, -0.2) is 50.9 Å². The maximum absolute atomic E-state index is 12.2. The molecular weight excluding hydrogens is 292 g/mol. The number of hydrogen-bond donors (Lipinski definition) is 1. The lowest BCUT2D eigenvalue weighted by atomic mass is 9.74. The van der Waals surface area contributed by atoms with E-state index in [4.69, 9.17) is 5.26 Å². The van der Waals surface area contributed by atoms with Gasteiger partial charge < -0.3 is 14.8 Å². The molecule has 0 aliphatic carbocycles. The quantitative estimate of drug-likeness (QED) is 0.903. The van der Waals surface area contributed by atoms with Crippen LogP contribution in [0.15, 0.2) is 18.6 Å². The average molecular weight is 310 g/mol. The third-order valence-corrected chi connectivity index (χ3v) is 5.35. The van der Waals surface area contributed by atoms with Crippen LogP contribution < -0.4 is 4.90 Å². The molecule has 4 heterocycles.